The van der Waals surface area contributed by atoms with Gasteiger partial charge in [0.1, 0.15) is 5.02 Å². The molecule has 0 saturated carbocycles. The highest BCUT2D eigenvalue weighted by Crippen LogP contribution is 2.30. The number of β-amino-alcohol motifs (C(OH)–C–C–N with tert-alkyl or cyclic N) is 1. The van der Waals surface area contributed by atoms with E-state index in [-0.39, 0.29) is 17.4 Å². The molecule has 18 heavy (non-hydrogen) atoms. The maximum Gasteiger partial charge on any atom is 0.224 e. The third-order valence-electron chi connectivity index (χ3n) is 2.94. The highest BCUT2D eigenvalue weighted by Gasteiger charge is 2.33. The SMILES string of the molecule is CN(C)CC1CC(O)CN1c1nc(Cl)ncc1Cl. The summed E-state index contributed by atoms with van der Waals surface area (Å²) in [6.45, 7) is 1.35. The van der Waals surface area contributed by atoms with E-state index in [4.69, 9.17) is 23.2 Å². The predicted octanol–water partition coefficient (Wildman–Crippen LogP) is 1.28. The van der Waals surface area contributed by atoms with Gasteiger partial charge in [-0.25, -0.2) is 4.98 Å². The van der Waals surface area contributed by atoms with E-state index < -0.39 is 0 Å². The van der Waals surface area contributed by atoms with E-state index in [9.17, 15) is 5.11 Å². The van der Waals surface area contributed by atoms with E-state index in [1.165, 1.54) is 6.20 Å². The number of likely N-dealkylation sites (N-methyl/N-ethyl adjacent to an activating group) is 1. The summed E-state index contributed by atoms with van der Waals surface area (Å²) in [5.74, 6) is 0.597. The molecular formula is C11H16Cl2N4O. The van der Waals surface area contributed by atoms with Gasteiger partial charge in [-0.15, -0.1) is 0 Å². The molecule has 1 aliphatic rings. The Morgan fingerprint density at radius 1 is 1.50 bits per heavy atom. The first kappa shape index (κ1) is 13.8. The van der Waals surface area contributed by atoms with Gasteiger partial charge in [-0.2, -0.15) is 4.98 Å². The van der Waals surface area contributed by atoms with Crippen molar-refractivity contribution in [1.29, 1.82) is 0 Å². The van der Waals surface area contributed by atoms with Crippen molar-refractivity contribution in [3.8, 4) is 0 Å². The zero-order chi connectivity index (χ0) is 13.3. The summed E-state index contributed by atoms with van der Waals surface area (Å²) in [6, 6.07) is 0.179. The Balaban J connectivity index is 2.26. The molecule has 0 aromatic carbocycles. The molecule has 5 nitrogen and oxygen atoms in total. The number of nitrogens with zero attached hydrogens (tertiary/aromatic N) is 4. The first-order chi connectivity index (χ1) is 8.47. The molecule has 100 valence electrons. The van der Waals surface area contributed by atoms with Crippen LogP contribution in [0, 0.1) is 0 Å². The number of rotatable bonds is 3. The van der Waals surface area contributed by atoms with Crippen molar-refractivity contribution in [2.45, 2.75) is 18.6 Å². The number of aromatic nitrogens is 2. The van der Waals surface area contributed by atoms with Gasteiger partial charge < -0.3 is 14.9 Å². The average Bonchev–Trinajstić information content (AvgIpc) is 2.62. The topological polar surface area (TPSA) is 52.5 Å². The molecule has 2 unspecified atom stereocenters. The van der Waals surface area contributed by atoms with Crippen molar-refractivity contribution in [1.82, 2.24) is 14.9 Å². The minimum absolute atomic E-state index is 0.166. The fourth-order valence-electron chi connectivity index (χ4n) is 2.28. The van der Waals surface area contributed by atoms with E-state index >= 15 is 0 Å². The van der Waals surface area contributed by atoms with E-state index in [1.54, 1.807) is 0 Å². The van der Waals surface area contributed by atoms with Crippen molar-refractivity contribution in [3.05, 3.63) is 16.5 Å². The predicted molar refractivity (Wildman–Crippen MR) is 72.4 cm³/mol. The number of aliphatic hydroxyl groups excluding tert-OH is 1. The summed E-state index contributed by atoms with van der Waals surface area (Å²) in [5, 5.41) is 10.4. The van der Waals surface area contributed by atoms with Crippen LogP contribution in [-0.2, 0) is 0 Å². The van der Waals surface area contributed by atoms with E-state index in [0.29, 0.717) is 23.8 Å². The van der Waals surface area contributed by atoms with Crippen LogP contribution in [0.2, 0.25) is 10.3 Å². The van der Waals surface area contributed by atoms with Crippen LogP contribution in [0.4, 0.5) is 5.82 Å². The molecule has 1 aliphatic heterocycles. The monoisotopic (exact) mass is 290 g/mol. The van der Waals surface area contributed by atoms with Crippen LogP contribution in [0.5, 0.6) is 0 Å². The van der Waals surface area contributed by atoms with Crippen molar-refractivity contribution >= 4 is 29.0 Å². The number of hydrogen-bond donors (Lipinski definition) is 1. The largest absolute Gasteiger partial charge is 0.391 e. The van der Waals surface area contributed by atoms with E-state index in [2.05, 4.69) is 14.9 Å². The molecule has 1 fully saturated rings. The van der Waals surface area contributed by atoms with Crippen LogP contribution in [0.1, 0.15) is 6.42 Å². The van der Waals surface area contributed by atoms with Crippen LogP contribution < -0.4 is 4.90 Å². The first-order valence-corrected chi connectivity index (χ1v) is 6.50. The molecule has 0 amide bonds. The van der Waals surface area contributed by atoms with Crippen LogP contribution in [0.15, 0.2) is 6.20 Å². The fourth-order valence-corrected chi connectivity index (χ4v) is 2.61. The highest BCUT2D eigenvalue weighted by atomic mass is 35.5. The summed E-state index contributed by atoms with van der Waals surface area (Å²) < 4.78 is 0. The van der Waals surface area contributed by atoms with E-state index in [1.807, 2.05) is 19.0 Å². The lowest BCUT2D eigenvalue weighted by atomic mass is 10.2. The minimum atomic E-state index is -0.361. The molecule has 1 aromatic rings. The number of halogens is 2. The second kappa shape index (κ2) is 5.57. The molecule has 7 heteroatoms. The normalized spacial score (nSPS) is 24.0. The van der Waals surface area contributed by atoms with Crippen LogP contribution in [0.3, 0.4) is 0 Å². The fraction of sp³-hybridized carbons (Fsp3) is 0.636. The van der Waals surface area contributed by atoms with Crippen LogP contribution in [0.25, 0.3) is 0 Å². The number of aliphatic hydroxyl groups is 1. The lowest BCUT2D eigenvalue weighted by Crippen LogP contribution is -2.38. The standard InChI is InChI=1S/C11H16Cl2N4O/c1-16(2)5-7-3-8(18)6-17(7)10-9(12)4-14-11(13)15-10/h4,7-8,18H,3,5-6H2,1-2H3. The Labute approximate surface area is 116 Å². The minimum Gasteiger partial charge on any atom is -0.391 e. The molecule has 1 saturated heterocycles. The molecule has 1 aromatic heterocycles. The molecule has 0 aliphatic carbocycles. The van der Waals surface area contributed by atoms with Gasteiger partial charge in [-0.05, 0) is 32.1 Å². The lowest BCUT2D eigenvalue weighted by molar-refractivity contribution is 0.191. The molecule has 0 spiro atoms. The number of anilines is 1. The molecule has 2 atom stereocenters. The van der Waals surface area contributed by atoms with Gasteiger partial charge in [0.25, 0.3) is 0 Å². The molecule has 0 radical (unpaired) electrons. The molecule has 0 bridgehead atoms. The maximum absolute atomic E-state index is 9.82. The molecular weight excluding hydrogens is 275 g/mol. The van der Waals surface area contributed by atoms with E-state index in [0.717, 1.165) is 6.54 Å². The summed E-state index contributed by atoms with van der Waals surface area (Å²) >= 11 is 11.9. The molecule has 2 rings (SSSR count). The Hall–Kier alpha value is -0.620. The van der Waals surface area contributed by atoms with Gasteiger partial charge >= 0.3 is 0 Å². The van der Waals surface area contributed by atoms with Crippen LogP contribution >= 0.6 is 23.2 Å². The zero-order valence-electron chi connectivity index (χ0n) is 10.3. The lowest BCUT2D eigenvalue weighted by Gasteiger charge is -2.28. The van der Waals surface area contributed by atoms with Crippen molar-refractivity contribution in [2.24, 2.45) is 0 Å². The summed E-state index contributed by atoms with van der Waals surface area (Å²) in [4.78, 5) is 12.1. The Morgan fingerprint density at radius 3 is 2.89 bits per heavy atom. The van der Waals surface area contributed by atoms with Gasteiger partial charge in [0.15, 0.2) is 5.82 Å². The zero-order valence-corrected chi connectivity index (χ0v) is 11.9. The van der Waals surface area contributed by atoms with Gasteiger partial charge in [0.2, 0.25) is 5.28 Å². The third kappa shape index (κ3) is 3.03. The molecule has 2 heterocycles. The van der Waals surface area contributed by atoms with Crippen molar-refractivity contribution in [3.63, 3.8) is 0 Å². The van der Waals surface area contributed by atoms with Crippen LogP contribution in [-0.4, -0.2) is 59.3 Å². The smallest absolute Gasteiger partial charge is 0.224 e. The Morgan fingerprint density at radius 2 is 2.22 bits per heavy atom. The van der Waals surface area contributed by atoms with Crippen molar-refractivity contribution in [2.75, 3.05) is 32.1 Å². The first-order valence-electron chi connectivity index (χ1n) is 5.75. The second-order valence-corrected chi connectivity index (χ2v) is 5.51. The second-order valence-electron chi connectivity index (χ2n) is 4.77. The Bertz CT molecular complexity index is 430. The Kier molecular flexibility index (Phi) is 4.27. The van der Waals surface area contributed by atoms with Gasteiger partial charge in [0, 0.05) is 19.1 Å². The summed E-state index contributed by atoms with van der Waals surface area (Å²) in [7, 11) is 3.99. The highest BCUT2D eigenvalue weighted by molar-refractivity contribution is 6.33. The van der Waals surface area contributed by atoms with Crippen molar-refractivity contribution < 1.29 is 5.11 Å². The third-order valence-corrected chi connectivity index (χ3v) is 3.39. The van der Waals surface area contributed by atoms with Gasteiger partial charge in [-0.1, -0.05) is 11.6 Å². The average molecular weight is 291 g/mol. The maximum atomic E-state index is 9.82. The van der Waals surface area contributed by atoms with Gasteiger partial charge in [-0.3, -0.25) is 0 Å². The molecule has 1 N–H and O–H groups in total. The van der Waals surface area contributed by atoms with Gasteiger partial charge in [0.05, 0.1) is 12.3 Å². The summed E-state index contributed by atoms with van der Waals surface area (Å²) in [5.41, 5.74) is 0. The summed E-state index contributed by atoms with van der Waals surface area (Å²) in [6.07, 6.45) is 1.83. The quantitative estimate of drug-likeness (QED) is 0.850. The number of hydrogen-bond acceptors (Lipinski definition) is 5.